The van der Waals surface area contributed by atoms with Crippen molar-refractivity contribution in [2.75, 3.05) is 31.1 Å². The van der Waals surface area contributed by atoms with E-state index in [-0.39, 0.29) is 6.47 Å². The van der Waals surface area contributed by atoms with Gasteiger partial charge in [0.25, 0.3) is 6.47 Å². The second-order valence-electron chi connectivity index (χ2n) is 5.85. The molecule has 1 fully saturated rings. The lowest BCUT2D eigenvalue weighted by molar-refractivity contribution is -0.122. The summed E-state index contributed by atoms with van der Waals surface area (Å²) in [5.74, 6) is 0. The van der Waals surface area contributed by atoms with Crippen LogP contribution < -0.4 is 4.90 Å². The zero-order valence-electron chi connectivity index (χ0n) is 13.9. The number of aromatic amines is 1. The maximum Gasteiger partial charge on any atom is 0.290 e. The van der Waals surface area contributed by atoms with Gasteiger partial charge in [-0.25, -0.2) is 0 Å². The van der Waals surface area contributed by atoms with Crippen molar-refractivity contribution in [1.82, 2.24) is 20.1 Å². The first-order chi connectivity index (χ1) is 12.3. The molecule has 3 heterocycles. The molecule has 1 aliphatic rings. The Bertz CT molecular complexity index is 764. The first kappa shape index (κ1) is 16.9. The number of hydrogen-bond acceptors (Lipinski definition) is 5. The Morgan fingerprint density at radius 3 is 2.56 bits per heavy atom. The Morgan fingerprint density at radius 2 is 1.88 bits per heavy atom. The highest BCUT2D eigenvalue weighted by molar-refractivity contribution is 5.80. The number of carboxylic acid groups (broad SMARTS) is 1. The summed E-state index contributed by atoms with van der Waals surface area (Å²) in [6.45, 7) is 4.93. The van der Waals surface area contributed by atoms with Crippen molar-refractivity contribution in [3.63, 3.8) is 0 Å². The van der Waals surface area contributed by atoms with Crippen LogP contribution in [0.3, 0.4) is 0 Å². The molecule has 0 radical (unpaired) electrons. The quantitative estimate of drug-likeness (QED) is 0.710. The SMILES string of the molecule is O=CO.c1ccc2[nH]c(CN3CCN(c4ccnnc4)CC3)cc2c1. The number of hydrogen-bond donors (Lipinski definition) is 2. The van der Waals surface area contributed by atoms with Gasteiger partial charge in [0.15, 0.2) is 0 Å². The smallest absolute Gasteiger partial charge is 0.290 e. The minimum Gasteiger partial charge on any atom is -0.483 e. The van der Waals surface area contributed by atoms with Gasteiger partial charge in [-0.15, -0.1) is 0 Å². The molecule has 1 aliphatic heterocycles. The van der Waals surface area contributed by atoms with E-state index in [0.717, 1.165) is 32.7 Å². The van der Waals surface area contributed by atoms with Crippen molar-refractivity contribution in [2.24, 2.45) is 0 Å². The Labute approximate surface area is 145 Å². The fourth-order valence-corrected chi connectivity index (χ4v) is 3.09. The molecule has 3 aromatic rings. The van der Waals surface area contributed by atoms with Gasteiger partial charge in [0.1, 0.15) is 0 Å². The predicted molar refractivity (Wildman–Crippen MR) is 96.5 cm³/mol. The van der Waals surface area contributed by atoms with Crippen LogP contribution in [0.4, 0.5) is 5.69 Å². The van der Waals surface area contributed by atoms with Crippen LogP contribution in [0.15, 0.2) is 48.8 Å². The molecule has 0 saturated carbocycles. The van der Waals surface area contributed by atoms with Gasteiger partial charge in [0.05, 0.1) is 18.1 Å². The molecule has 25 heavy (non-hydrogen) atoms. The monoisotopic (exact) mass is 339 g/mol. The van der Waals surface area contributed by atoms with Crippen LogP contribution in [0.2, 0.25) is 0 Å². The zero-order valence-corrected chi connectivity index (χ0v) is 13.9. The lowest BCUT2D eigenvalue weighted by Gasteiger charge is -2.35. The van der Waals surface area contributed by atoms with Gasteiger partial charge in [-0.2, -0.15) is 10.2 Å². The van der Waals surface area contributed by atoms with Crippen molar-refractivity contribution in [1.29, 1.82) is 0 Å². The van der Waals surface area contributed by atoms with Crippen molar-refractivity contribution < 1.29 is 9.90 Å². The molecule has 1 aromatic carbocycles. The van der Waals surface area contributed by atoms with E-state index in [4.69, 9.17) is 9.90 Å². The number of rotatable bonds is 3. The largest absolute Gasteiger partial charge is 0.483 e. The molecule has 130 valence electrons. The molecular formula is C18H21N5O2. The normalized spacial score (nSPS) is 14.8. The highest BCUT2D eigenvalue weighted by atomic mass is 16.3. The summed E-state index contributed by atoms with van der Waals surface area (Å²) in [7, 11) is 0. The van der Waals surface area contributed by atoms with E-state index in [9.17, 15) is 0 Å². The Morgan fingerprint density at radius 1 is 1.12 bits per heavy atom. The molecule has 0 amide bonds. The summed E-state index contributed by atoms with van der Waals surface area (Å²) in [6, 6.07) is 12.7. The summed E-state index contributed by atoms with van der Waals surface area (Å²) in [5.41, 5.74) is 3.68. The third kappa shape index (κ3) is 4.33. The summed E-state index contributed by atoms with van der Waals surface area (Å²) in [4.78, 5) is 16.7. The van der Waals surface area contributed by atoms with E-state index in [0.29, 0.717) is 0 Å². The predicted octanol–water partition coefficient (Wildman–Crippen LogP) is 1.98. The molecule has 4 rings (SSSR count). The van der Waals surface area contributed by atoms with Crippen LogP contribution >= 0.6 is 0 Å². The van der Waals surface area contributed by atoms with Crippen molar-refractivity contribution in [3.8, 4) is 0 Å². The molecule has 0 bridgehead atoms. The van der Waals surface area contributed by atoms with Gasteiger partial charge < -0.3 is 15.0 Å². The molecule has 1 saturated heterocycles. The molecule has 0 unspecified atom stereocenters. The number of aromatic nitrogens is 3. The number of anilines is 1. The zero-order chi connectivity index (χ0) is 17.5. The molecule has 2 aromatic heterocycles. The molecule has 2 N–H and O–H groups in total. The first-order valence-electron chi connectivity index (χ1n) is 8.18. The van der Waals surface area contributed by atoms with Gasteiger partial charge in [-0.3, -0.25) is 9.69 Å². The van der Waals surface area contributed by atoms with Crippen LogP contribution in [-0.4, -0.2) is 57.8 Å². The van der Waals surface area contributed by atoms with Gasteiger partial charge in [-0.1, -0.05) is 18.2 Å². The molecule has 7 heteroatoms. The van der Waals surface area contributed by atoms with Crippen molar-refractivity contribution >= 4 is 23.1 Å². The number of para-hydroxylation sites is 1. The average Bonchev–Trinajstić information content (AvgIpc) is 3.06. The van der Waals surface area contributed by atoms with E-state index < -0.39 is 0 Å². The first-order valence-corrected chi connectivity index (χ1v) is 8.18. The maximum atomic E-state index is 8.36. The Kier molecular flexibility index (Phi) is 5.58. The standard InChI is InChI=1S/C17H19N5.CH2O2/c1-2-4-17-14(3-1)11-15(20-17)13-21-7-9-22(10-8-21)16-5-6-18-19-12-16;2-1-3/h1-6,11-12,20H,7-10,13H2;1H,(H,2,3). The second-order valence-corrected chi connectivity index (χ2v) is 5.85. The van der Waals surface area contributed by atoms with Gasteiger partial charge >= 0.3 is 0 Å². The second kappa shape index (κ2) is 8.25. The lowest BCUT2D eigenvalue weighted by atomic mass is 10.2. The number of piperazine rings is 1. The minimum absolute atomic E-state index is 0.250. The Hall–Kier alpha value is -2.93. The maximum absolute atomic E-state index is 8.36. The number of nitrogens with zero attached hydrogens (tertiary/aromatic N) is 4. The highest BCUT2D eigenvalue weighted by Gasteiger charge is 2.18. The number of fused-ring (bicyclic) bond motifs is 1. The number of benzene rings is 1. The minimum atomic E-state index is -0.250. The van der Waals surface area contributed by atoms with Crippen molar-refractivity contribution in [3.05, 3.63) is 54.5 Å². The lowest BCUT2D eigenvalue weighted by Crippen LogP contribution is -2.46. The number of carbonyl (C=O) groups is 1. The fourth-order valence-electron chi connectivity index (χ4n) is 3.09. The third-order valence-electron chi connectivity index (χ3n) is 4.29. The molecule has 0 aliphatic carbocycles. The summed E-state index contributed by atoms with van der Waals surface area (Å²) in [5, 5.41) is 16.0. The average molecular weight is 339 g/mol. The third-order valence-corrected chi connectivity index (χ3v) is 4.29. The van der Waals surface area contributed by atoms with Crippen LogP contribution in [0.1, 0.15) is 5.69 Å². The summed E-state index contributed by atoms with van der Waals surface area (Å²) >= 11 is 0. The van der Waals surface area contributed by atoms with E-state index in [1.54, 1.807) is 6.20 Å². The van der Waals surface area contributed by atoms with E-state index in [1.165, 1.54) is 22.3 Å². The van der Waals surface area contributed by atoms with Gasteiger partial charge in [0, 0.05) is 43.9 Å². The molecule has 7 nitrogen and oxygen atoms in total. The fraction of sp³-hybridized carbons (Fsp3) is 0.278. The van der Waals surface area contributed by atoms with Crippen LogP contribution in [-0.2, 0) is 11.3 Å². The van der Waals surface area contributed by atoms with Crippen LogP contribution in [0.25, 0.3) is 10.9 Å². The Balaban J connectivity index is 0.000000569. The summed E-state index contributed by atoms with van der Waals surface area (Å²) in [6.07, 6.45) is 3.60. The van der Waals surface area contributed by atoms with Crippen molar-refractivity contribution in [2.45, 2.75) is 6.54 Å². The topological polar surface area (TPSA) is 85.4 Å². The molecule has 0 spiro atoms. The van der Waals surface area contributed by atoms with Crippen LogP contribution in [0.5, 0.6) is 0 Å². The molecular weight excluding hydrogens is 318 g/mol. The number of H-pyrrole nitrogens is 1. The van der Waals surface area contributed by atoms with Crippen LogP contribution in [0, 0.1) is 0 Å². The van der Waals surface area contributed by atoms with E-state index >= 15 is 0 Å². The van der Waals surface area contributed by atoms with E-state index in [1.807, 2.05) is 12.3 Å². The molecule has 0 atom stereocenters. The van der Waals surface area contributed by atoms with Gasteiger partial charge in [-0.05, 0) is 23.6 Å². The summed E-state index contributed by atoms with van der Waals surface area (Å²) < 4.78 is 0. The number of nitrogens with one attached hydrogen (secondary N) is 1. The van der Waals surface area contributed by atoms with Gasteiger partial charge in [0.2, 0.25) is 0 Å². The highest BCUT2D eigenvalue weighted by Crippen LogP contribution is 2.18. The van der Waals surface area contributed by atoms with E-state index in [2.05, 4.69) is 55.3 Å².